The Labute approximate surface area is 89.1 Å². The van der Waals surface area contributed by atoms with Gasteiger partial charge in [0.25, 0.3) is 5.92 Å². The van der Waals surface area contributed by atoms with E-state index in [1.165, 1.54) is 6.07 Å². The van der Waals surface area contributed by atoms with E-state index in [-0.39, 0.29) is 16.6 Å². The second kappa shape index (κ2) is 3.37. The van der Waals surface area contributed by atoms with Crippen LogP contribution in [0.25, 0.3) is 10.9 Å². The smallest absolute Gasteiger partial charge is 0.271 e. The number of hydrogen-bond acceptors (Lipinski definition) is 1. The van der Waals surface area contributed by atoms with Crippen molar-refractivity contribution in [3.05, 3.63) is 35.3 Å². The molecule has 1 aromatic heterocycles. The number of aromatic nitrogens is 1. The summed E-state index contributed by atoms with van der Waals surface area (Å²) in [5.74, 6) is -3.91. The summed E-state index contributed by atoms with van der Waals surface area (Å²) < 4.78 is 39.5. The monoisotopic (exact) mass is 227 g/mol. The number of H-pyrrole nitrogens is 1. The normalized spacial score (nSPS) is 12.0. The van der Waals surface area contributed by atoms with Gasteiger partial charge in [0.05, 0.1) is 5.69 Å². The largest absolute Gasteiger partial charge is 0.352 e. The number of alkyl halides is 2. The van der Waals surface area contributed by atoms with E-state index in [1.807, 2.05) is 0 Å². The first-order valence-electron chi connectivity index (χ1n) is 4.57. The van der Waals surface area contributed by atoms with Crippen LogP contribution in [0, 0.1) is 5.82 Å². The summed E-state index contributed by atoms with van der Waals surface area (Å²) in [7, 11) is 0. The molecule has 1 heterocycles. The highest BCUT2D eigenvalue weighted by molar-refractivity contribution is 5.90. The Morgan fingerprint density at radius 3 is 2.56 bits per heavy atom. The Kier molecular flexibility index (Phi) is 2.26. The first kappa shape index (κ1) is 10.7. The van der Waals surface area contributed by atoms with Crippen LogP contribution in [0.15, 0.2) is 18.2 Å². The zero-order chi connectivity index (χ0) is 11.9. The Balaban J connectivity index is 2.81. The van der Waals surface area contributed by atoms with Gasteiger partial charge in [0.2, 0.25) is 0 Å². The molecule has 2 rings (SSSR count). The molecular weight excluding hydrogens is 219 g/mol. The van der Waals surface area contributed by atoms with Crippen molar-refractivity contribution >= 4 is 17.2 Å². The molecule has 0 atom stereocenters. The maximum absolute atomic E-state index is 13.2. The second-order valence-electron chi connectivity index (χ2n) is 3.65. The minimum absolute atomic E-state index is 0.145. The maximum atomic E-state index is 13.2. The van der Waals surface area contributed by atoms with Crippen molar-refractivity contribution in [3.8, 4) is 0 Å². The van der Waals surface area contributed by atoms with Gasteiger partial charge < -0.3 is 4.98 Å². The first-order chi connectivity index (χ1) is 7.41. The predicted molar refractivity (Wildman–Crippen MR) is 53.2 cm³/mol. The number of hydrogen-bond donors (Lipinski definition) is 1. The van der Waals surface area contributed by atoms with Gasteiger partial charge in [-0.2, -0.15) is 0 Å². The summed E-state index contributed by atoms with van der Waals surface area (Å²) in [4.78, 5) is 13.1. The van der Waals surface area contributed by atoms with Gasteiger partial charge in [-0.15, -0.1) is 0 Å². The molecule has 84 valence electrons. The summed E-state index contributed by atoms with van der Waals surface area (Å²) in [6.07, 6.45) is 0.496. The van der Waals surface area contributed by atoms with E-state index < -0.39 is 17.3 Å². The van der Waals surface area contributed by atoms with Crippen LogP contribution in [0.4, 0.5) is 13.2 Å². The molecule has 16 heavy (non-hydrogen) atoms. The Bertz CT molecular complexity index is 554. The number of nitrogens with one attached hydrogen (secondary N) is 1. The molecule has 0 saturated heterocycles. The van der Waals surface area contributed by atoms with Crippen LogP contribution >= 0.6 is 0 Å². The highest BCUT2D eigenvalue weighted by Crippen LogP contribution is 2.34. The summed E-state index contributed by atoms with van der Waals surface area (Å²) in [5.41, 5.74) is -0.0865. The van der Waals surface area contributed by atoms with Gasteiger partial charge >= 0.3 is 0 Å². The van der Waals surface area contributed by atoms with Crippen LogP contribution < -0.4 is 0 Å². The highest BCUT2D eigenvalue weighted by atomic mass is 19.3. The van der Waals surface area contributed by atoms with Gasteiger partial charge in [0.1, 0.15) is 5.82 Å². The molecule has 0 amide bonds. The lowest BCUT2D eigenvalue weighted by Gasteiger charge is -2.11. The zero-order valence-corrected chi connectivity index (χ0v) is 8.35. The minimum Gasteiger partial charge on any atom is -0.352 e. The summed E-state index contributed by atoms with van der Waals surface area (Å²) in [6.45, 7) is 0.689. The number of fused-ring (bicyclic) bond motifs is 1. The summed E-state index contributed by atoms with van der Waals surface area (Å²) in [5, 5.41) is 0.163. The standard InChI is InChI=1S/C11H8F3NO/c1-11(13,14)9-2-6(12)3-10-8(9)4-7(5-16)15-10/h2-5,15H,1H3. The molecule has 0 radical (unpaired) electrons. The molecule has 5 heteroatoms. The molecule has 0 aliphatic heterocycles. The summed E-state index contributed by atoms with van der Waals surface area (Å²) >= 11 is 0. The van der Waals surface area contributed by atoms with E-state index in [0.717, 1.165) is 12.1 Å². The van der Waals surface area contributed by atoms with Gasteiger partial charge in [-0.3, -0.25) is 4.79 Å². The van der Waals surface area contributed by atoms with E-state index in [1.54, 1.807) is 0 Å². The average molecular weight is 227 g/mol. The van der Waals surface area contributed by atoms with E-state index in [0.29, 0.717) is 13.2 Å². The van der Waals surface area contributed by atoms with Crippen LogP contribution in [-0.4, -0.2) is 11.3 Å². The molecule has 0 spiro atoms. The number of rotatable bonds is 2. The fraction of sp³-hybridized carbons (Fsp3) is 0.182. The number of aldehydes is 1. The molecule has 0 aliphatic rings. The third kappa shape index (κ3) is 1.68. The van der Waals surface area contributed by atoms with Gasteiger partial charge in [-0.25, -0.2) is 13.2 Å². The van der Waals surface area contributed by atoms with Crippen molar-refractivity contribution < 1.29 is 18.0 Å². The topological polar surface area (TPSA) is 32.9 Å². The molecule has 0 unspecified atom stereocenters. The Hall–Kier alpha value is -1.78. The lowest BCUT2D eigenvalue weighted by atomic mass is 10.0. The quantitative estimate of drug-likeness (QED) is 0.785. The zero-order valence-electron chi connectivity index (χ0n) is 8.35. The third-order valence-corrected chi connectivity index (χ3v) is 2.32. The van der Waals surface area contributed by atoms with Crippen molar-refractivity contribution in [2.24, 2.45) is 0 Å². The van der Waals surface area contributed by atoms with E-state index in [9.17, 15) is 18.0 Å². The fourth-order valence-corrected chi connectivity index (χ4v) is 1.65. The van der Waals surface area contributed by atoms with Gasteiger partial charge in [0, 0.05) is 23.4 Å². The van der Waals surface area contributed by atoms with Crippen molar-refractivity contribution in [2.75, 3.05) is 0 Å². The Morgan fingerprint density at radius 1 is 1.31 bits per heavy atom. The van der Waals surface area contributed by atoms with Gasteiger partial charge in [0.15, 0.2) is 6.29 Å². The predicted octanol–water partition coefficient (Wildman–Crippen LogP) is 3.23. The van der Waals surface area contributed by atoms with Gasteiger partial charge in [-0.05, 0) is 18.2 Å². The average Bonchev–Trinajstić information content (AvgIpc) is 2.57. The molecule has 2 aromatic rings. The molecule has 0 aliphatic carbocycles. The van der Waals surface area contributed by atoms with E-state index in [4.69, 9.17) is 0 Å². The highest BCUT2D eigenvalue weighted by Gasteiger charge is 2.28. The first-order valence-corrected chi connectivity index (χ1v) is 4.57. The van der Waals surface area contributed by atoms with Crippen molar-refractivity contribution in [1.29, 1.82) is 0 Å². The molecule has 0 bridgehead atoms. The summed E-state index contributed by atoms with van der Waals surface area (Å²) in [6, 6.07) is 3.15. The third-order valence-electron chi connectivity index (χ3n) is 2.32. The lowest BCUT2D eigenvalue weighted by Crippen LogP contribution is -2.07. The lowest BCUT2D eigenvalue weighted by molar-refractivity contribution is 0.0188. The van der Waals surface area contributed by atoms with Crippen molar-refractivity contribution in [2.45, 2.75) is 12.8 Å². The van der Waals surface area contributed by atoms with Crippen LogP contribution in [0.1, 0.15) is 23.0 Å². The van der Waals surface area contributed by atoms with Gasteiger partial charge in [-0.1, -0.05) is 0 Å². The van der Waals surface area contributed by atoms with E-state index >= 15 is 0 Å². The number of benzene rings is 1. The van der Waals surface area contributed by atoms with E-state index in [2.05, 4.69) is 4.98 Å². The molecule has 0 saturated carbocycles. The van der Waals surface area contributed by atoms with Crippen LogP contribution in [-0.2, 0) is 5.92 Å². The number of carbonyl (C=O) groups is 1. The molecule has 1 aromatic carbocycles. The van der Waals surface area contributed by atoms with Crippen molar-refractivity contribution in [1.82, 2.24) is 4.98 Å². The van der Waals surface area contributed by atoms with Crippen LogP contribution in [0.5, 0.6) is 0 Å². The maximum Gasteiger partial charge on any atom is 0.271 e. The molecular formula is C11H8F3NO. The molecule has 2 nitrogen and oxygen atoms in total. The molecule has 1 N–H and O–H groups in total. The Morgan fingerprint density at radius 2 is 2.00 bits per heavy atom. The minimum atomic E-state index is -3.15. The number of carbonyl (C=O) groups excluding carboxylic acids is 1. The van der Waals surface area contributed by atoms with Crippen molar-refractivity contribution in [3.63, 3.8) is 0 Å². The fourth-order valence-electron chi connectivity index (χ4n) is 1.65. The number of aromatic amines is 1. The van der Waals surface area contributed by atoms with Crippen LogP contribution in [0.3, 0.4) is 0 Å². The number of halogens is 3. The SMILES string of the molecule is CC(F)(F)c1cc(F)cc2[nH]c(C=O)cc12. The van der Waals surface area contributed by atoms with Crippen LogP contribution in [0.2, 0.25) is 0 Å². The second-order valence-corrected chi connectivity index (χ2v) is 3.65. The molecule has 0 fully saturated rings.